The van der Waals surface area contributed by atoms with Crippen LogP contribution in [0.2, 0.25) is 0 Å². The Morgan fingerprint density at radius 3 is 2.17 bits per heavy atom. The molecule has 0 saturated carbocycles. The highest BCUT2D eigenvalue weighted by atomic mass is 19.1. The number of rotatable bonds is 10. The van der Waals surface area contributed by atoms with Crippen molar-refractivity contribution in [3.05, 3.63) is 35.6 Å². The first-order valence-corrected chi connectivity index (χ1v) is 14.0. The third-order valence-corrected chi connectivity index (χ3v) is 7.31. The summed E-state index contributed by atoms with van der Waals surface area (Å²) < 4.78 is 30.5. The fraction of sp³-hybridized carbons (Fsp3) is 0.667. The lowest BCUT2D eigenvalue weighted by Gasteiger charge is -2.43. The minimum Gasteiger partial charge on any atom is -0.444 e. The SMILES string of the molecule is CCC(CC)(C(=O)OC(C)OC(=O)C(C)C)[C@H]1CC[C@@H](c2cccc(F)c2)N1C(=O)[C@@H](C)NC(=O)OC(C)(C)C. The van der Waals surface area contributed by atoms with E-state index < -0.39 is 71.1 Å². The van der Waals surface area contributed by atoms with Crippen molar-refractivity contribution < 1.29 is 37.8 Å². The van der Waals surface area contributed by atoms with Gasteiger partial charge in [-0.05, 0) is 71.1 Å². The van der Waals surface area contributed by atoms with Crippen LogP contribution in [0.4, 0.5) is 9.18 Å². The molecule has 2 rings (SSSR count). The lowest BCUT2D eigenvalue weighted by molar-refractivity contribution is -0.197. The first-order chi connectivity index (χ1) is 18.6. The Morgan fingerprint density at radius 2 is 1.65 bits per heavy atom. The Labute approximate surface area is 237 Å². The number of hydrogen-bond donors (Lipinski definition) is 1. The predicted molar refractivity (Wildman–Crippen MR) is 147 cm³/mol. The van der Waals surface area contributed by atoms with Gasteiger partial charge in [0, 0.05) is 13.0 Å². The minimum absolute atomic E-state index is 0.339. The standard InChI is InChI=1S/C30H45FN2O7/c1-10-30(11-2,27(36)39-20(6)38-26(35)18(3)4)24-16-15-23(21-13-12-14-22(31)17-21)33(24)25(34)19(5)32-28(37)40-29(7,8)9/h12-14,17-20,23-24H,10-11,15-16H2,1-9H3,(H,32,37)/t19-,20?,23+,24-/m1/s1. The van der Waals surface area contributed by atoms with Crippen LogP contribution in [-0.2, 0) is 28.6 Å². The number of nitrogens with one attached hydrogen (secondary N) is 1. The Hall–Kier alpha value is -3.17. The van der Waals surface area contributed by atoms with E-state index in [1.807, 2.05) is 13.8 Å². The summed E-state index contributed by atoms with van der Waals surface area (Å²) in [5.41, 5.74) is -1.30. The monoisotopic (exact) mass is 564 g/mol. The summed E-state index contributed by atoms with van der Waals surface area (Å²) in [6, 6.07) is 3.89. The number of esters is 2. The summed E-state index contributed by atoms with van der Waals surface area (Å²) in [7, 11) is 0. The van der Waals surface area contributed by atoms with Crippen LogP contribution in [-0.4, -0.2) is 52.8 Å². The van der Waals surface area contributed by atoms with Crippen molar-refractivity contribution in [2.75, 3.05) is 0 Å². The maximum atomic E-state index is 14.2. The van der Waals surface area contributed by atoms with Crippen molar-refractivity contribution in [3.8, 4) is 0 Å². The highest BCUT2D eigenvalue weighted by Crippen LogP contribution is 2.47. The van der Waals surface area contributed by atoms with Crippen molar-refractivity contribution in [3.63, 3.8) is 0 Å². The molecule has 1 aromatic rings. The fourth-order valence-electron chi connectivity index (χ4n) is 5.21. The average molecular weight is 565 g/mol. The van der Waals surface area contributed by atoms with E-state index in [1.165, 1.54) is 19.1 Å². The average Bonchev–Trinajstić information content (AvgIpc) is 3.28. The lowest BCUT2D eigenvalue weighted by Crippen LogP contribution is -2.56. The molecule has 1 unspecified atom stereocenters. The topological polar surface area (TPSA) is 111 Å². The van der Waals surface area contributed by atoms with Crippen molar-refractivity contribution in [1.82, 2.24) is 10.2 Å². The third kappa shape index (κ3) is 7.95. The molecule has 1 N–H and O–H groups in total. The van der Waals surface area contributed by atoms with E-state index in [4.69, 9.17) is 14.2 Å². The second kappa shape index (κ2) is 13.5. The second-order valence-corrected chi connectivity index (χ2v) is 11.7. The van der Waals surface area contributed by atoms with Crippen molar-refractivity contribution >= 4 is 23.9 Å². The van der Waals surface area contributed by atoms with Crippen LogP contribution in [0.1, 0.15) is 99.6 Å². The van der Waals surface area contributed by atoms with Crippen LogP contribution >= 0.6 is 0 Å². The normalized spacial score (nSPS) is 19.1. The number of benzene rings is 1. The number of nitrogens with zero attached hydrogens (tertiary/aromatic N) is 1. The molecule has 1 aliphatic rings. The predicted octanol–water partition coefficient (Wildman–Crippen LogP) is 5.67. The smallest absolute Gasteiger partial charge is 0.408 e. The third-order valence-electron chi connectivity index (χ3n) is 7.31. The number of halogens is 1. The molecule has 0 spiro atoms. The van der Waals surface area contributed by atoms with Gasteiger partial charge in [-0.3, -0.25) is 14.4 Å². The summed E-state index contributed by atoms with van der Waals surface area (Å²) in [6.45, 7) is 15.2. The largest absolute Gasteiger partial charge is 0.444 e. The van der Waals surface area contributed by atoms with Gasteiger partial charge in [0.2, 0.25) is 12.2 Å². The molecule has 0 radical (unpaired) electrons. The number of carbonyl (C=O) groups excluding carboxylic acids is 4. The van der Waals surface area contributed by atoms with Gasteiger partial charge in [-0.2, -0.15) is 0 Å². The van der Waals surface area contributed by atoms with E-state index in [0.717, 1.165) is 0 Å². The molecule has 40 heavy (non-hydrogen) atoms. The number of carbonyl (C=O) groups is 4. The minimum atomic E-state index is -1.14. The number of alkyl carbamates (subject to hydrolysis) is 1. The quantitative estimate of drug-likeness (QED) is 0.288. The maximum Gasteiger partial charge on any atom is 0.408 e. The molecule has 0 aliphatic carbocycles. The zero-order valence-corrected chi connectivity index (χ0v) is 25.2. The van der Waals surface area contributed by atoms with Gasteiger partial charge >= 0.3 is 18.0 Å². The molecule has 1 aliphatic heterocycles. The molecule has 4 atom stereocenters. The van der Waals surface area contributed by atoms with Crippen LogP contribution in [0.25, 0.3) is 0 Å². The van der Waals surface area contributed by atoms with Crippen LogP contribution in [0.3, 0.4) is 0 Å². The number of amides is 2. The van der Waals surface area contributed by atoms with Crippen molar-refractivity contribution in [2.45, 2.75) is 118 Å². The molecule has 1 heterocycles. The van der Waals surface area contributed by atoms with Gasteiger partial charge in [-0.15, -0.1) is 0 Å². The van der Waals surface area contributed by atoms with E-state index in [0.29, 0.717) is 31.2 Å². The summed E-state index contributed by atoms with van der Waals surface area (Å²) in [5, 5.41) is 2.60. The van der Waals surface area contributed by atoms with Gasteiger partial charge in [0.1, 0.15) is 17.5 Å². The van der Waals surface area contributed by atoms with Crippen LogP contribution in [0, 0.1) is 17.2 Å². The summed E-state index contributed by atoms with van der Waals surface area (Å²) in [4.78, 5) is 53.9. The Bertz CT molecular complexity index is 1060. The summed E-state index contributed by atoms with van der Waals surface area (Å²) >= 11 is 0. The molecule has 1 aromatic carbocycles. The zero-order valence-electron chi connectivity index (χ0n) is 25.2. The molecule has 9 nitrogen and oxygen atoms in total. The first kappa shape index (κ1) is 33.0. The van der Waals surface area contributed by atoms with Gasteiger partial charge in [0.25, 0.3) is 0 Å². The molecule has 224 valence electrons. The van der Waals surface area contributed by atoms with E-state index >= 15 is 0 Å². The van der Waals surface area contributed by atoms with Crippen molar-refractivity contribution in [1.29, 1.82) is 0 Å². The summed E-state index contributed by atoms with van der Waals surface area (Å²) in [6.07, 6.45) is -0.257. The van der Waals surface area contributed by atoms with E-state index in [1.54, 1.807) is 58.6 Å². The Kier molecular flexibility index (Phi) is 11.1. The van der Waals surface area contributed by atoms with Crippen LogP contribution < -0.4 is 5.32 Å². The van der Waals surface area contributed by atoms with Crippen LogP contribution in [0.5, 0.6) is 0 Å². The maximum absolute atomic E-state index is 14.2. The van der Waals surface area contributed by atoms with Crippen molar-refractivity contribution in [2.24, 2.45) is 11.3 Å². The molecule has 10 heteroatoms. The van der Waals surface area contributed by atoms with E-state index in [2.05, 4.69) is 5.32 Å². The first-order valence-electron chi connectivity index (χ1n) is 14.0. The van der Waals surface area contributed by atoms with E-state index in [-0.39, 0.29) is 0 Å². The molecule has 2 amide bonds. The number of likely N-dealkylation sites (tertiary alicyclic amines) is 1. The number of ether oxygens (including phenoxy) is 3. The van der Waals surface area contributed by atoms with Gasteiger partial charge in [0.05, 0.1) is 17.4 Å². The Morgan fingerprint density at radius 1 is 1.02 bits per heavy atom. The molecule has 0 bridgehead atoms. The van der Waals surface area contributed by atoms with Gasteiger partial charge in [-0.25, -0.2) is 9.18 Å². The van der Waals surface area contributed by atoms with E-state index in [9.17, 15) is 23.6 Å². The van der Waals surface area contributed by atoms with Gasteiger partial charge < -0.3 is 24.4 Å². The zero-order chi connectivity index (χ0) is 30.4. The highest BCUT2D eigenvalue weighted by Gasteiger charge is 2.54. The van der Waals surface area contributed by atoms with Crippen LogP contribution in [0.15, 0.2) is 24.3 Å². The van der Waals surface area contributed by atoms with Gasteiger partial charge in [-0.1, -0.05) is 39.8 Å². The Balaban J connectivity index is 2.46. The second-order valence-electron chi connectivity index (χ2n) is 11.7. The molecular weight excluding hydrogens is 519 g/mol. The molecule has 1 fully saturated rings. The van der Waals surface area contributed by atoms with Gasteiger partial charge in [0.15, 0.2) is 0 Å². The lowest BCUT2D eigenvalue weighted by atomic mass is 9.74. The summed E-state index contributed by atoms with van der Waals surface area (Å²) in [5.74, 6) is -2.34. The fourth-order valence-corrected chi connectivity index (χ4v) is 5.21. The molecule has 1 saturated heterocycles. The number of hydrogen-bond acceptors (Lipinski definition) is 7. The highest BCUT2D eigenvalue weighted by molar-refractivity contribution is 5.87. The molecular formula is C30H45FN2O7. The molecule has 0 aromatic heterocycles.